The van der Waals surface area contributed by atoms with Gasteiger partial charge in [-0.15, -0.1) is 0 Å². The van der Waals surface area contributed by atoms with E-state index in [1.54, 1.807) is 36.4 Å². The number of anilines is 1. The van der Waals surface area contributed by atoms with Gasteiger partial charge in [0, 0.05) is 10.2 Å². The number of sulfonamides is 1. The highest BCUT2D eigenvalue weighted by Gasteiger charge is 2.29. The summed E-state index contributed by atoms with van der Waals surface area (Å²) in [6.45, 7) is 3.96. The van der Waals surface area contributed by atoms with Gasteiger partial charge in [-0.25, -0.2) is 8.42 Å². The predicted octanol–water partition coefficient (Wildman–Crippen LogP) is 5.11. The molecular weight excluding hydrogens is 504 g/mol. The van der Waals surface area contributed by atoms with Crippen LogP contribution in [0.4, 0.5) is 5.69 Å². The molecule has 8 heteroatoms. The quantitative estimate of drug-likeness (QED) is 0.402. The third-order valence-corrected chi connectivity index (χ3v) is 7.17. The number of benzene rings is 3. The highest BCUT2D eigenvalue weighted by atomic mass is 79.9. The smallest absolute Gasteiger partial charge is 0.245 e. The average Bonchev–Trinajstić information content (AvgIpc) is 2.80. The minimum absolute atomic E-state index is 0.00528. The summed E-state index contributed by atoms with van der Waals surface area (Å²) < 4.78 is 35.6. The normalized spacial score (nSPS) is 12.4. The summed E-state index contributed by atoms with van der Waals surface area (Å²) in [5.41, 5.74) is 2.26. The lowest BCUT2D eigenvalue weighted by atomic mass is 10.0. The fourth-order valence-electron chi connectivity index (χ4n) is 3.31. The van der Waals surface area contributed by atoms with Crippen LogP contribution in [0.5, 0.6) is 5.75 Å². The molecule has 0 heterocycles. The molecule has 0 fully saturated rings. The molecule has 0 aliphatic heterocycles. The Morgan fingerprint density at radius 2 is 1.67 bits per heavy atom. The maximum atomic E-state index is 13.4. The van der Waals surface area contributed by atoms with Gasteiger partial charge in [-0.1, -0.05) is 66.2 Å². The average molecular weight is 531 g/mol. The number of methoxy groups -OCH3 is 1. The zero-order chi connectivity index (χ0) is 24.0. The first kappa shape index (κ1) is 25.0. The van der Waals surface area contributed by atoms with Crippen molar-refractivity contribution in [1.82, 2.24) is 4.72 Å². The van der Waals surface area contributed by atoms with Crippen molar-refractivity contribution in [3.05, 3.63) is 88.4 Å². The second-order valence-corrected chi connectivity index (χ2v) is 10.5. The van der Waals surface area contributed by atoms with E-state index in [1.807, 2.05) is 50.2 Å². The second-order valence-electron chi connectivity index (χ2n) is 7.92. The van der Waals surface area contributed by atoms with Crippen LogP contribution < -0.4 is 14.8 Å². The summed E-state index contributed by atoms with van der Waals surface area (Å²) in [6.07, 6.45) is 0.189. The summed E-state index contributed by atoms with van der Waals surface area (Å²) in [4.78, 5) is 13.2. The molecule has 1 amide bonds. The molecular formula is C25H27BrN2O4S. The molecule has 1 atom stereocenters. The SMILES string of the molecule is COc1ccc(C(C)C)cc1S(=O)(=O)NC(Cc1ccccc1)C(=O)Nc1ccc(Br)cc1. The fourth-order valence-corrected chi connectivity index (χ4v) is 4.98. The molecule has 0 aliphatic rings. The van der Waals surface area contributed by atoms with Gasteiger partial charge in [0.2, 0.25) is 15.9 Å². The molecule has 0 saturated carbocycles. The number of nitrogens with one attached hydrogen (secondary N) is 2. The van der Waals surface area contributed by atoms with Gasteiger partial charge in [0.25, 0.3) is 0 Å². The van der Waals surface area contributed by atoms with E-state index in [4.69, 9.17) is 4.74 Å². The first-order valence-electron chi connectivity index (χ1n) is 10.5. The van der Waals surface area contributed by atoms with E-state index >= 15 is 0 Å². The topological polar surface area (TPSA) is 84.5 Å². The van der Waals surface area contributed by atoms with E-state index in [9.17, 15) is 13.2 Å². The van der Waals surface area contributed by atoms with Crippen LogP contribution in [0.3, 0.4) is 0 Å². The third kappa shape index (κ3) is 6.66. The van der Waals surface area contributed by atoms with Crippen LogP contribution in [0.1, 0.15) is 30.9 Å². The number of hydrogen-bond donors (Lipinski definition) is 2. The second kappa shape index (κ2) is 11.0. The first-order chi connectivity index (χ1) is 15.7. The molecule has 0 radical (unpaired) electrons. The lowest BCUT2D eigenvalue weighted by Crippen LogP contribution is -2.45. The van der Waals surface area contributed by atoms with Gasteiger partial charge in [-0.3, -0.25) is 4.79 Å². The molecule has 0 spiro atoms. The molecule has 0 bridgehead atoms. The van der Waals surface area contributed by atoms with Crippen molar-refractivity contribution in [3.8, 4) is 5.75 Å². The highest BCUT2D eigenvalue weighted by molar-refractivity contribution is 9.10. The first-order valence-corrected chi connectivity index (χ1v) is 12.8. The van der Waals surface area contributed by atoms with Gasteiger partial charge >= 0.3 is 0 Å². The largest absolute Gasteiger partial charge is 0.495 e. The van der Waals surface area contributed by atoms with E-state index in [0.29, 0.717) is 5.69 Å². The number of rotatable bonds is 9. The number of amides is 1. The molecule has 2 N–H and O–H groups in total. The van der Waals surface area contributed by atoms with Gasteiger partial charge in [0.1, 0.15) is 16.7 Å². The van der Waals surface area contributed by atoms with Gasteiger partial charge in [0.15, 0.2) is 0 Å². The van der Waals surface area contributed by atoms with Gasteiger partial charge < -0.3 is 10.1 Å². The molecule has 3 rings (SSSR count). The molecule has 3 aromatic rings. The van der Waals surface area contributed by atoms with Gasteiger partial charge in [-0.2, -0.15) is 4.72 Å². The van der Waals surface area contributed by atoms with E-state index in [1.165, 1.54) is 7.11 Å². The van der Waals surface area contributed by atoms with Crippen molar-refractivity contribution < 1.29 is 17.9 Å². The standard InChI is InChI=1S/C25H27BrN2O4S/c1-17(2)19-9-14-23(32-3)24(16-19)33(30,31)28-22(15-18-7-5-4-6-8-18)25(29)27-21-12-10-20(26)11-13-21/h4-14,16-17,22,28H,15H2,1-3H3,(H,27,29). The van der Waals surface area contributed by atoms with Crippen molar-refractivity contribution >= 4 is 37.5 Å². The number of hydrogen-bond acceptors (Lipinski definition) is 4. The molecule has 1 unspecified atom stereocenters. The van der Waals surface area contributed by atoms with Crippen LogP contribution in [0, 0.1) is 0 Å². The zero-order valence-corrected chi connectivity index (χ0v) is 21.1. The molecule has 0 saturated heterocycles. The minimum atomic E-state index is -4.07. The van der Waals surface area contributed by atoms with Crippen LogP contribution in [0.2, 0.25) is 0 Å². The number of halogens is 1. The van der Waals surface area contributed by atoms with Crippen molar-refractivity contribution in [1.29, 1.82) is 0 Å². The lowest BCUT2D eigenvalue weighted by molar-refractivity contribution is -0.117. The molecule has 174 valence electrons. The summed E-state index contributed by atoms with van der Waals surface area (Å²) in [5.74, 6) is -0.104. The molecule has 33 heavy (non-hydrogen) atoms. The summed E-state index contributed by atoms with van der Waals surface area (Å²) in [5, 5.41) is 2.80. The van der Waals surface area contributed by atoms with Gasteiger partial charge in [-0.05, 0) is 59.9 Å². The van der Waals surface area contributed by atoms with E-state index in [0.717, 1.165) is 15.6 Å². The Morgan fingerprint density at radius 1 is 1.00 bits per heavy atom. The third-order valence-electron chi connectivity index (χ3n) is 5.15. The van der Waals surface area contributed by atoms with Crippen LogP contribution >= 0.6 is 15.9 Å². The minimum Gasteiger partial charge on any atom is -0.495 e. The zero-order valence-electron chi connectivity index (χ0n) is 18.7. The Balaban J connectivity index is 1.94. The van der Waals surface area contributed by atoms with Crippen LogP contribution in [0.15, 0.2) is 82.2 Å². The Labute approximate surface area is 203 Å². The Kier molecular flexibility index (Phi) is 8.29. The number of carbonyl (C=O) groups is 1. The Bertz CT molecular complexity index is 1200. The molecule has 6 nitrogen and oxygen atoms in total. The van der Waals surface area contributed by atoms with Crippen LogP contribution in [-0.2, 0) is 21.2 Å². The maximum Gasteiger partial charge on any atom is 0.245 e. The van der Waals surface area contributed by atoms with E-state index in [2.05, 4.69) is 26.0 Å². The lowest BCUT2D eigenvalue weighted by Gasteiger charge is -2.20. The highest BCUT2D eigenvalue weighted by Crippen LogP contribution is 2.28. The fraction of sp³-hybridized carbons (Fsp3) is 0.240. The summed E-state index contributed by atoms with van der Waals surface area (Å²) in [7, 11) is -2.64. The maximum absolute atomic E-state index is 13.4. The summed E-state index contributed by atoms with van der Waals surface area (Å²) in [6, 6.07) is 20.4. The number of carbonyl (C=O) groups excluding carboxylic acids is 1. The number of ether oxygens (including phenoxy) is 1. The Morgan fingerprint density at radius 3 is 2.27 bits per heavy atom. The molecule has 0 aliphatic carbocycles. The van der Waals surface area contributed by atoms with Gasteiger partial charge in [0.05, 0.1) is 7.11 Å². The summed E-state index contributed by atoms with van der Waals surface area (Å²) >= 11 is 3.36. The molecule has 0 aromatic heterocycles. The van der Waals surface area contributed by atoms with Crippen molar-refractivity contribution in [2.45, 2.75) is 37.1 Å². The van der Waals surface area contributed by atoms with Crippen LogP contribution in [-0.4, -0.2) is 27.5 Å². The predicted molar refractivity (Wildman–Crippen MR) is 134 cm³/mol. The monoisotopic (exact) mass is 530 g/mol. The Hall–Kier alpha value is -2.68. The van der Waals surface area contributed by atoms with Crippen molar-refractivity contribution in [3.63, 3.8) is 0 Å². The van der Waals surface area contributed by atoms with Crippen molar-refractivity contribution in [2.24, 2.45) is 0 Å². The van der Waals surface area contributed by atoms with Crippen molar-refractivity contribution in [2.75, 3.05) is 12.4 Å². The van der Waals surface area contributed by atoms with E-state index < -0.39 is 22.0 Å². The van der Waals surface area contributed by atoms with Crippen LogP contribution in [0.25, 0.3) is 0 Å². The van der Waals surface area contributed by atoms with E-state index in [-0.39, 0.29) is 23.0 Å². The molecule has 3 aromatic carbocycles.